The predicted octanol–water partition coefficient (Wildman–Crippen LogP) is 4.65. The zero-order valence-corrected chi connectivity index (χ0v) is 80.5. The van der Waals surface area contributed by atoms with E-state index in [1.165, 1.54) is 50.4 Å². The van der Waals surface area contributed by atoms with Gasteiger partial charge in [0.2, 0.25) is 65.0 Å². The number of amides is 14. The SMILES string of the molecule is C=CCOC(=O)N[C@@H](CCC(=O)NCCOCCOCCOCCNC(=O)CCCc1ccc(OC)cc1)C(=O)NCC(=O)NCC(=O)N[C@@H](Cc1ccccc1)C(=O)NCC(=O)Nc1ccc(COC(=O)N(C)[C@H](C(=O)N[C@H](C(=O)N(C)[C@@H]([C@@H](C)CC)[C@@H](CC(=O)N2CCC[C@H]2[C@H](OC)[C@@H](C)C(=O)N[C@H](C)[C@@H](O)c2ccccc2)OC)C(C)C)C(C)C)c(C(=O)NCCCN(C)C)c1. The number of aliphatic hydroxyl groups is 1. The van der Waals surface area contributed by atoms with Crippen molar-refractivity contribution in [3.8, 4) is 5.75 Å². The number of aliphatic hydroxyl groups excluding tert-OH is 1. The van der Waals surface area contributed by atoms with E-state index in [4.69, 9.17) is 37.9 Å². The maximum absolute atomic E-state index is 15.0. The van der Waals surface area contributed by atoms with Gasteiger partial charge >= 0.3 is 12.2 Å². The van der Waals surface area contributed by atoms with E-state index in [0.29, 0.717) is 89.1 Å². The van der Waals surface area contributed by atoms with Crippen LogP contribution in [0.15, 0.2) is 116 Å². The summed E-state index contributed by atoms with van der Waals surface area (Å²) in [5, 5.41) is 40.2. The third-order valence-electron chi connectivity index (χ3n) is 22.9. The fraction of sp³-hybridized carbons (Fsp3) is 0.583. The van der Waals surface area contributed by atoms with Crippen molar-refractivity contribution in [2.45, 2.75) is 193 Å². The Kier molecular flexibility index (Phi) is 51.6. The maximum Gasteiger partial charge on any atom is 0.410 e. The molecule has 14 amide bonds. The van der Waals surface area contributed by atoms with Crippen LogP contribution in [0.1, 0.15) is 152 Å². The summed E-state index contributed by atoms with van der Waals surface area (Å²) in [5.41, 5.74) is 2.71. The second-order valence-electron chi connectivity index (χ2n) is 34.0. The van der Waals surface area contributed by atoms with E-state index in [1.54, 1.807) is 115 Å². The number of aryl methyl sites for hydroxylation is 1. The second kappa shape index (κ2) is 61.3. The van der Waals surface area contributed by atoms with Gasteiger partial charge in [-0.1, -0.05) is 146 Å². The Bertz CT molecular complexity index is 4360. The molecule has 0 radical (unpaired) electrons. The van der Waals surface area contributed by atoms with Gasteiger partial charge in [0, 0.05) is 90.6 Å². The zero-order chi connectivity index (χ0) is 98.8. The molecule has 1 heterocycles. The molecule has 0 aromatic heterocycles. The van der Waals surface area contributed by atoms with Gasteiger partial charge in [0.05, 0.1) is 115 Å². The first kappa shape index (κ1) is 113. The summed E-state index contributed by atoms with van der Waals surface area (Å²) in [6.45, 7) is 18.5. The van der Waals surface area contributed by atoms with Crippen LogP contribution < -0.4 is 63.2 Å². The number of rotatable bonds is 62. The van der Waals surface area contributed by atoms with Crippen LogP contribution in [0.3, 0.4) is 0 Å². The zero-order valence-electron chi connectivity index (χ0n) is 80.5. The normalized spacial score (nSPS) is 14.8. The summed E-state index contributed by atoms with van der Waals surface area (Å²) >= 11 is 0. The Balaban J connectivity index is 1.13. The number of nitrogens with zero attached hydrogens (tertiary/aromatic N) is 4. The summed E-state index contributed by atoms with van der Waals surface area (Å²) < 4.78 is 44.7. The van der Waals surface area contributed by atoms with Crippen LogP contribution >= 0.6 is 0 Å². The van der Waals surface area contributed by atoms with E-state index < -0.39 is 170 Å². The Morgan fingerprint density at radius 1 is 0.582 bits per heavy atom. The minimum absolute atomic E-state index is 0.00544. The quantitative estimate of drug-likeness (QED) is 0.0211. The lowest BCUT2D eigenvalue weighted by molar-refractivity contribution is -0.148. The molecule has 0 bridgehead atoms. The van der Waals surface area contributed by atoms with Crippen molar-refractivity contribution < 1.29 is 110 Å². The first-order valence-corrected chi connectivity index (χ1v) is 45.9. The molecule has 1 aliphatic heterocycles. The minimum atomic E-state index is -1.36. The van der Waals surface area contributed by atoms with Crippen molar-refractivity contribution in [2.24, 2.45) is 23.7 Å². The van der Waals surface area contributed by atoms with Gasteiger partial charge in [-0.2, -0.15) is 0 Å². The van der Waals surface area contributed by atoms with Crippen LogP contribution in [0.5, 0.6) is 5.75 Å². The highest BCUT2D eigenvalue weighted by Gasteiger charge is 2.44. The third-order valence-corrected chi connectivity index (χ3v) is 22.9. The largest absolute Gasteiger partial charge is 0.497 e. The lowest BCUT2D eigenvalue weighted by atomic mass is 9.89. The van der Waals surface area contributed by atoms with Crippen LogP contribution in [-0.2, 0) is 105 Å². The third kappa shape index (κ3) is 39.9. The molecular weight excluding hydrogens is 1730 g/mol. The fourth-order valence-corrected chi connectivity index (χ4v) is 15.3. The highest BCUT2D eigenvalue weighted by Crippen LogP contribution is 2.31. The van der Waals surface area contributed by atoms with Crippen molar-refractivity contribution in [1.29, 1.82) is 0 Å². The molecule has 742 valence electrons. The molecule has 0 aliphatic carbocycles. The number of likely N-dealkylation sites (N-methyl/N-ethyl adjacent to an activating group) is 2. The molecular formula is C96H145N15O23. The standard InChI is InChI=1S/C96H145N15O23/c1-17-48-133-95(125)106-74(41-42-79(113)98-45-50-131-52-54-132-53-51-130-49-44-97-78(112)34-25-30-67-35-39-72(127-14)40-36-67)91(121)101-58-80(114)100-59-82(116)105-75(55-68-28-21-19-22-29-68)92(122)102-60-81(115)104-71-38-37-70(73(56-71)90(120)99-43-27-46-108(10)11)61-134-96(126)110(13)85(63(5)6)93(123)107-84(62(3)4)94(124)109(12)86(64(7)18-2)77(128-15)57-83(117)111-47-26-33-76(111)88(129-16)65(8)89(119)103-66(9)87(118)69-31-23-20-24-32-69/h17,19-24,28-29,31-32,35-40,56,62-66,74-77,84-88,118H,1,18,25-27,30,33-34,41-55,57-61H2,2-16H3,(H,97,112)(H,98,113)(H,99,120)(H,100,114)(H,101,121)(H,102,122)(H,103,119)(H,104,115)(H,105,116)(H,106,125)(H,107,123)/t64-,65+,66+,74-,75-,76-,77+,84-,85-,86-,87+,88+/m0/s1. The molecule has 4 aromatic rings. The van der Waals surface area contributed by atoms with Crippen molar-refractivity contribution in [3.05, 3.63) is 144 Å². The first-order valence-electron chi connectivity index (χ1n) is 45.9. The average Bonchev–Trinajstić information content (AvgIpc) is 1.62. The van der Waals surface area contributed by atoms with E-state index in [9.17, 15) is 67.4 Å². The van der Waals surface area contributed by atoms with Crippen LogP contribution in [0, 0.1) is 23.7 Å². The van der Waals surface area contributed by atoms with Crippen LogP contribution in [0.4, 0.5) is 15.3 Å². The van der Waals surface area contributed by atoms with E-state index in [2.05, 4.69) is 65.1 Å². The molecule has 0 spiro atoms. The van der Waals surface area contributed by atoms with Crippen LogP contribution in [0.25, 0.3) is 0 Å². The van der Waals surface area contributed by atoms with E-state index in [1.807, 2.05) is 63.2 Å². The summed E-state index contributed by atoms with van der Waals surface area (Å²) in [6, 6.07) is 22.8. The Labute approximate surface area is 787 Å². The Morgan fingerprint density at radius 2 is 1.19 bits per heavy atom. The van der Waals surface area contributed by atoms with Gasteiger partial charge in [0.15, 0.2) is 0 Å². The topological polar surface area (TPSA) is 478 Å². The lowest BCUT2D eigenvalue weighted by Gasteiger charge is -2.41. The minimum Gasteiger partial charge on any atom is -0.497 e. The number of hydrogen-bond acceptors (Lipinski definition) is 24. The van der Waals surface area contributed by atoms with Gasteiger partial charge < -0.3 is 116 Å². The monoisotopic (exact) mass is 1880 g/mol. The number of likely N-dealkylation sites (tertiary alicyclic amines) is 1. The van der Waals surface area contributed by atoms with Gasteiger partial charge in [-0.3, -0.25) is 62.4 Å². The average molecular weight is 1880 g/mol. The Hall–Kier alpha value is -11.7. The number of methoxy groups -OCH3 is 3. The van der Waals surface area contributed by atoms with Crippen molar-refractivity contribution in [1.82, 2.24) is 72.8 Å². The Morgan fingerprint density at radius 3 is 1.79 bits per heavy atom. The van der Waals surface area contributed by atoms with Gasteiger partial charge in [-0.05, 0) is 125 Å². The number of alkyl carbamates (subject to hydrolysis) is 1. The molecule has 1 fully saturated rings. The molecule has 4 aromatic carbocycles. The number of carbonyl (C=O) groups excluding carboxylic acids is 14. The van der Waals surface area contributed by atoms with Crippen LogP contribution in [0.2, 0.25) is 0 Å². The highest BCUT2D eigenvalue weighted by molar-refractivity contribution is 6.00. The van der Waals surface area contributed by atoms with E-state index in [-0.39, 0.29) is 106 Å². The molecule has 0 unspecified atom stereocenters. The van der Waals surface area contributed by atoms with E-state index in [0.717, 1.165) is 22.6 Å². The summed E-state index contributed by atoms with van der Waals surface area (Å²) in [4.78, 5) is 198. The van der Waals surface area contributed by atoms with Gasteiger partial charge in [-0.15, -0.1) is 0 Å². The molecule has 0 saturated carbocycles. The molecule has 12 N–H and O–H groups in total. The maximum atomic E-state index is 15.0. The number of benzene rings is 4. The first-order chi connectivity index (χ1) is 64.1. The summed E-state index contributed by atoms with van der Waals surface area (Å²) in [7, 11) is 11.3. The van der Waals surface area contributed by atoms with E-state index >= 15 is 4.79 Å². The number of ether oxygens (including phenoxy) is 8. The van der Waals surface area contributed by atoms with Crippen molar-refractivity contribution in [3.63, 3.8) is 0 Å². The van der Waals surface area contributed by atoms with Gasteiger partial charge in [0.1, 0.15) is 43.1 Å². The summed E-state index contributed by atoms with van der Waals surface area (Å²) in [5.74, 6) is -8.16. The molecule has 134 heavy (non-hydrogen) atoms. The predicted molar refractivity (Wildman–Crippen MR) is 502 cm³/mol. The molecule has 12 atom stereocenters. The molecule has 38 heteroatoms. The smallest absolute Gasteiger partial charge is 0.410 e. The van der Waals surface area contributed by atoms with Gasteiger partial charge in [-0.25, -0.2) is 9.59 Å². The molecule has 1 aliphatic rings. The molecule has 38 nitrogen and oxygen atoms in total. The second-order valence-corrected chi connectivity index (χ2v) is 34.0. The number of carbonyl (C=O) groups is 14. The number of anilines is 1. The number of nitrogens with one attached hydrogen (secondary N) is 11. The van der Waals surface area contributed by atoms with Crippen LogP contribution in [-0.4, -0.2) is 310 Å². The molecule has 5 rings (SSSR count). The fourth-order valence-electron chi connectivity index (χ4n) is 15.3. The molecule has 1 saturated heterocycles. The lowest BCUT2D eigenvalue weighted by Crippen LogP contribution is -2.60. The number of hydrogen-bond donors (Lipinski definition) is 12. The highest BCUT2D eigenvalue weighted by atomic mass is 16.6. The van der Waals surface area contributed by atoms with Crippen molar-refractivity contribution >= 4 is 88.8 Å². The van der Waals surface area contributed by atoms with Crippen molar-refractivity contribution in [2.75, 3.05) is 153 Å². The summed E-state index contributed by atoms with van der Waals surface area (Å²) in [6.07, 6.45) is 0.432. The van der Waals surface area contributed by atoms with Gasteiger partial charge in [0.25, 0.3) is 5.91 Å².